The van der Waals surface area contributed by atoms with Crippen LogP contribution in [0.2, 0.25) is 0 Å². The minimum atomic E-state index is -0.267. The van der Waals surface area contributed by atoms with E-state index in [4.69, 9.17) is 4.74 Å². The molecule has 0 saturated carbocycles. The molecular formula is C19H27N3O2S. The minimum absolute atomic E-state index is 0.0658. The van der Waals surface area contributed by atoms with Gasteiger partial charge in [-0.25, -0.2) is 4.98 Å². The Balaban J connectivity index is 2.12. The molecule has 0 aliphatic rings. The van der Waals surface area contributed by atoms with E-state index in [1.807, 2.05) is 38.1 Å². The maximum atomic E-state index is 12.6. The lowest BCUT2D eigenvalue weighted by molar-refractivity contribution is -0.115. The molecule has 0 saturated heterocycles. The molecule has 1 aromatic heterocycles. The van der Waals surface area contributed by atoms with Crippen LogP contribution in [0.15, 0.2) is 29.4 Å². The Morgan fingerprint density at radius 3 is 2.60 bits per heavy atom. The first-order chi connectivity index (χ1) is 11.8. The van der Waals surface area contributed by atoms with E-state index in [1.165, 1.54) is 11.8 Å². The van der Waals surface area contributed by atoms with E-state index in [9.17, 15) is 4.79 Å². The summed E-state index contributed by atoms with van der Waals surface area (Å²) in [6.45, 7) is 11.2. The van der Waals surface area contributed by atoms with Crippen molar-refractivity contribution in [1.29, 1.82) is 0 Å². The number of amides is 1. The number of anilines is 1. The molecule has 1 N–H and O–H groups in total. The second-order valence-electron chi connectivity index (χ2n) is 6.52. The molecule has 25 heavy (non-hydrogen) atoms. The lowest BCUT2D eigenvalue weighted by Gasteiger charge is -2.16. The van der Waals surface area contributed by atoms with Gasteiger partial charge in [0.05, 0.1) is 23.7 Å². The first kappa shape index (κ1) is 19.4. The van der Waals surface area contributed by atoms with Gasteiger partial charge in [-0.3, -0.25) is 4.79 Å². The number of carbonyl (C=O) groups excluding carboxylic acids is 1. The van der Waals surface area contributed by atoms with E-state index < -0.39 is 0 Å². The summed E-state index contributed by atoms with van der Waals surface area (Å²) in [5.74, 6) is 1.11. The Morgan fingerprint density at radius 1 is 1.28 bits per heavy atom. The zero-order chi connectivity index (χ0) is 18.6. The van der Waals surface area contributed by atoms with Crippen molar-refractivity contribution in [1.82, 2.24) is 9.55 Å². The number of imidazole rings is 1. The van der Waals surface area contributed by atoms with Crippen LogP contribution in [0.1, 0.15) is 32.2 Å². The molecule has 1 heterocycles. The van der Waals surface area contributed by atoms with Crippen LogP contribution in [-0.2, 0) is 11.3 Å². The van der Waals surface area contributed by atoms with Crippen LogP contribution in [0.25, 0.3) is 0 Å². The smallest absolute Gasteiger partial charge is 0.237 e. The summed E-state index contributed by atoms with van der Waals surface area (Å²) in [5.41, 5.74) is 2.86. The number of aryl methyl sites for hydroxylation is 1. The minimum Gasteiger partial charge on any atom is -0.495 e. The molecule has 2 rings (SSSR count). The molecule has 0 spiro atoms. The molecule has 136 valence electrons. The highest BCUT2D eigenvalue weighted by molar-refractivity contribution is 8.00. The predicted octanol–water partition coefficient (Wildman–Crippen LogP) is 4.28. The van der Waals surface area contributed by atoms with Crippen LogP contribution < -0.4 is 10.1 Å². The Hall–Kier alpha value is -1.95. The summed E-state index contributed by atoms with van der Waals surface area (Å²) in [7, 11) is 1.59. The number of nitrogens with one attached hydrogen (secondary N) is 1. The van der Waals surface area contributed by atoms with E-state index in [0.29, 0.717) is 17.4 Å². The molecule has 6 heteroatoms. The van der Waals surface area contributed by atoms with E-state index in [2.05, 4.69) is 35.6 Å². The molecule has 1 atom stereocenters. The average Bonchev–Trinajstić information content (AvgIpc) is 2.82. The van der Waals surface area contributed by atoms with Gasteiger partial charge in [-0.1, -0.05) is 37.7 Å². The highest BCUT2D eigenvalue weighted by Crippen LogP contribution is 2.28. The summed E-state index contributed by atoms with van der Waals surface area (Å²) in [5, 5.41) is 3.57. The molecule has 2 aromatic rings. The number of rotatable bonds is 7. The second kappa shape index (κ2) is 8.43. The molecule has 0 bridgehead atoms. The fourth-order valence-electron chi connectivity index (χ4n) is 2.49. The number of carbonyl (C=O) groups is 1. The Kier molecular flexibility index (Phi) is 6.53. The quantitative estimate of drug-likeness (QED) is 0.748. The molecule has 1 aromatic carbocycles. The van der Waals surface area contributed by atoms with Crippen molar-refractivity contribution in [2.24, 2.45) is 5.92 Å². The summed E-state index contributed by atoms with van der Waals surface area (Å²) in [6.07, 6.45) is 0. The molecule has 0 aliphatic carbocycles. The number of hydrogen-bond donors (Lipinski definition) is 1. The van der Waals surface area contributed by atoms with Crippen LogP contribution in [-0.4, -0.2) is 27.8 Å². The number of nitrogens with zero attached hydrogens (tertiary/aromatic N) is 2. The Morgan fingerprint density at radius 2 is 1.96 bits per heavy atom. The van der Waals surface area contributed by atoms with Crippen molar-refractivity contribution in [2.75, 3.05) is 12.4 Å². The molecule has 1 amide bonds. The van der Waals surface area contributed by atoms with Gasteiger partial charge in [-0.15, -0.1) is 0 Å². The second-order valence-corrected chi connectivity index (χ2v) is 7.83. The average molecular weight is 362 g/mol. The van der Waals surface area contributed by atoms with Crippen LogP contribution >= 0.6 is 11.8 Å². The van der Waals surface area contributed by atoms with Crippen LogP contribution in [0, 0.1) is 19.8 Å². The largest absolute Gasteiger partial charge is 0.495 e. The van der Waals surface area contributed by atoms with E-state index in [-0.39, 0.29) is 11.2 Å². The molecule has 0 aliphatic heterocycles. The van der Waals surface area contributed by atoms with Gasteiger partial charge in [0.2, 0.25) is 5.91 Å². The van der Waals surface area contributed by atoms with Crippen LogP contribution in [0.5, 0.6) is 5.75 Å². The van der Waals surface area contributed by atoms with Gasteiger partial charge in [0, 0.05) is 12.2 Å². The van der Waals surface area contributed by atoms with Gasteiger partial charge in [-0.05, 0) is 38.8 Å². The standard InChI is InChI=1S/C19H27N3O2S/c1-12(2)11-22-14(4)13(3)20-19(22)25-15(5)18(23)21-16-9-7-8-10-17(16)24-6/h7-10,12,15H,11H2,1-6H3,(H,21,23)/t15-/m0/s1. The van der Waals surface area contributed by atoms with Gasteiger partial charge in [0.15, 0.2) is 5.16 Å². The van der Waals surface area contributed by atoms with E-state index >= 15 is 0 Å². The number of ether oxygens (including phenoxy) is 1. The van der Waals surface area contributed by atoms with Crippen molar-refractivity contribution < 1.29 is 9.53 Å². The highest BCUT2D eigenvalue weighted by atomic mass is 32.2. The third kappa shape index (κ3) is 4.78. The monoisotopic (exact) mass is 361 g/mol. The first-order valence-electron chi connectivity index (χ1n) is 8.47. The van der Waals surface area contributed by atoms with Gasteiger partial charge < -0.3 is 14.6 Å². The van der Waals surface area contributed by atoms with Crippen LogP contribution in [0.3, 0.4) is 0 Å². The van der Waals surface area contributed by atoms with E-state index in [0.717, 1.165) is 23.1 Å². The molecule has 5 nitrogen and oxygen atoms in total. The molecule has 0 radical (unpaired) electrons. The lowest BCUT2D eigenvalue weighted by Crippen LogP contribution is -2.23. The first-order valence-corrected chi connectivity index (χ1v) is 9.35. The van der Waals surface area contributed by atoms with Crippen molar-refractivity contribution in [3.8, 4) is 5.75 Å². The topological polar surface area (TPSA) is 56.1 Å². The fourth-order valence-corrected chi connectivity index (χ4v) is 3.50. The van der Waals surface area contributed by atoms with Crippen molar-refractivity contribution in [3.05, 3.63) is 35.7 Å². The third-order valence-electron chi connectivity index (χ3n) is 3.99. The molecule has 0 fully saturated rings. The zero-order valence-corrected chi connectivity index (χ0v) is 16.6. The van der Waals surface area contributed by atoms with Crippen molar-refractivity contribution in [3.63, 3.8) is 0 Å². The van der Waals surface area contributed by atoms with Gasteiger partial charge in [0.1, 0.15) is 5.75 Å². The normalized spacial score (nSPS) is 12.3. The van der Waals surface area contributed by atoms with Crippen molar-refractivity contribution in [2.45, 2.75) is 51.6 Å². The number of methoxy groups -OCH3 is 1. The van der Waals surface area contributed by atoms with Crippen molar-refractivity contribution >= 4 is 23.4 Å². The van der Waals surface area contributed by atoms with Gasteiger partial charge in [-0.2, -0.15) is 0 Å². The van der Waals surface area contributed by atoms with Crippen LogP contribution in [0.4, 0.5) is 5.69 Å². The SMILES string of the molecule is COc1ccccc1NC(=O)[C@H](C)Sc1nc(C)c(C)n1CC(C)C. The number of benzene rings is 1. The summed E-state index contributed by atoms with van der Waals surface area (Å²) in [4.78, 5) is 17.2. The van der Waals surface area contributed by atoms with Gasteiger partial charge in [0.25, 0.3) is 0 Å². The summed E-state index contributed by atoms with van der Waals surface area (Å²) in [6, 6.07) is 7.41. The Labute approximate surface area is 154 Å². The van der Waals surface area contributed by atoms with Gasteiger partial charge >= 0.3 is 0 Å². The molecule has 0 unspecified atom stereocenters. The highest BCUT2D eigenvalue weighted by Gasteiger charge is 2.21. The van der Waals surface area contributed by atoms with E-state index in [1.54, 1.807) is 7.11 Å². The predicted molar refractivity (Wildman–Crippen MR) is 103 cm³/mol. The maximum Gasteiger partial charge on any atom is 0.237 e. The molecular weight excluding hydrogens is 334 g/mol. The summed E-state index contributed by atoms with van der Waals surface area (Å²) < 4.78 is 7.49. The Bertz CT molecular complexity index is 740. The zero-order valence-electron chi connectivity index (χ0n) is 15.8. The lowest BCUT2D eigenvalue weighted by atomic mass is 10.2. The number of thioether (sulfide) groups is 1. The third-order valence-corrected chi connectivity index (χ3v) is 5.08. The number of para-hydroxylation sites is 2. The number of aromatic nitrogens is 2. The summed E-state index contributed by atoms with van der Waals surface area (Å²) >= 11 is 1.49. The number of hydrogen-bond acceptors (Lipinski definition) is 4. The maximum absolute atomic E-state index is 12.6. The fraction of sp³-hybridized carbons (Fsp3) is 0.474.